The Balaban J connectivity index is 4.67. The molecule has 0 aliphatic heterocycles. The molecule has 1 unspecified atom stereocenters. The molecule has 0 saturated heterocycles. The third-order valence-corrected chi connectivity index (χ3v) is 3.15. The second-order valence-corrected chi connectivity index (χ2v) is 4.45. The quantitative estimate of drug-likeness (QED) is 0.694. The number of carbonyl (C=O) groups excluding carboxylic acids is 1. The van der Waals surface area contributed by atoms with E-state index in [1.165, 1.54) is 0 Å². The first-order valence-corrected chi connectivity index (χ1v) is 6.74. The Morgan fingerprint density at radius 1 is 1.26 bits per heavy atom. The molecule has 19 heavy (non-hydrogen) atoms. The van der Waals surface area contributed by atoms with Crippen molar-refractivity contribution in [3.63, 3.8) is 0 Å². The van der Waals surface area contributed by atoms with Gasteiger partial charge >= 0.3 is 12.0 Å². The lowest BCUT2D eigenvalue weighted by Gasteiger charge is -2.33. The Bertz CT molecular complexity index is 284. The Morgan fingerprint density at radius 2 is 1.89 bits per heavy atom. The van der Waals surface area contributed by atoms with Crippen molar-refractivity contribution in [2.24, 2.45) is 0 Å². The topological polar surface area (TPSA) is 70.1 Å². The number of hydrogen-bond donors (Lipinski definition) is 1. The summed E-state index contributed by atoms with van der Waals surface area (Å²) in [5, 5.41) is 8.70. The van der Waals surface area contributed by atoms with Crippen LogP contribution < -0.4 is 0 Å². The van der Waals surface area contributed by atoms with Crippen molar-refractivity contribution in [1.29, 1.82) is 0 Å². The molecule has 0 fully saturated rings. The van der Waals surface area contributed by atoms with Crippen molar-refractivity contribution in [3.8, 4) is 0 Å². The highest BCUT2D eigenvalue weighted by Gasteiger charge is 2.23. The summed E-state index contributed by atoms with van der Waals surface area (Å²) >= 11 is 0. The van der Waals surface area contributed by atoms with Gasteiger partial charge in [0.2, 0.25) is 0 Å². The lowest BCUT2D eigenvalue weighted by atomic mass is 10.2. The van der Waals surface area contributed by atoms with E-state index in [-0.39, 0.29) is 25.0 Å². The van der Waals surface area contributed by atoms with Crippen LogP contribution in [0, 0.1) is 0 Å². The van der Waals surface area contributed by atoms with Gasteiger partial charge in [0.15, 0.2) is 0 Å². The first-order chi connectivity index (χ1) is 8.97. The normalized spacial score (nSPS) is 12.0. The van der Waals surface area contributed by atoms with Crippen molar-refractivity contribution >= 4 is 12.0 Å². The third kappa shape index (κ3) is 6.42. The van der Waals surface area contributed by atoms with Crippen LogP contribution in [0.2, 0.25) is 0 Å². The molecular formula is C13H26N2O4. The zero-order valence-corrected chi connectivity index (χ0v) is 12.4. The second-order valence-electron chi connectivity index (χ2n) is 4.45. The SMILES string of the molecule is CCC(C)N(CCOC)C(=O)N(CC)CCC(=O)O. The molecule has 0 heterocycles. The number of carboxylic acids is 1. The lowest BCUT2D eigenvalue weighted by molar-refractivity contribution is -0.137. The Labute approximate surface area is 115 Å². The van der Waals surface area contributed by atoms with E-state index in [1.54, 1.807) is 16.9 Å². The molecule has 112 valence electrons. The van der Waals surface area contributed by atoms with Gasteiger partial charge in [0.25, 0.3) is 0 Å². The van der Waals surface area contributed by atoms with Gasteiger partial charge in [-0.05, 0) is 20.3 Å². The Morgan fingerprint density at radius 3 is 2.32 bits per heavy atom. The first kappa shape index (κ1) is 17.7. The fraction of sp³-hybridized carbons (Fsp3) is 0.846. The van der Waals surface area contributed by atoms with E-state index in [2.05, 4.69) is 0 Å². The molecule has 1 atom stereocenters. The summed E-state index contributed by atoms with van der Waals surface area (Å²) in [5.41, 5.74) is 0. The van der Waals surface area contributed by atoms with Crippen LogP contribution >= 0.6 is 0 Å². The monoisotopic (exact) mass is 274 g/mol. The molecule has 1 N–H and O–H groups in total. The number of amides is 2. The highest BCUT2D eigenvalue weighted by molar-refractivity contribution is 5.75. The molecule has 0 aromatic heterocycles. The van der Waals surface area contributed by atoms with Crippen molar-refractivity contribution in [1.82, 2.24) is 9.80 Å². The lowest BCUT2D eigenvalue weighted by Crippen LogP contribution is -2.48. The molecule has 6 heteroatoms. The minimum absolute atomic E-state index is 0.0296. The van der Waals surface area contributed by atoms with Gasteiger partial charge in [-0.25, -0.2) is 4.79 Å². The van der Waals surface area contributed by atoms with Crippen LogP contribution in [0.1, 0.15) is 33.6 Å². The molecule has 0 aromatic rings. The van der Waals surface area contributed by atoms with Crippen molar-refractivity contribution in [2.45, 2.75) is 39.7 Å². The maximum absolute atomic E-state index is 12.4. The minimum atomic E-state index is -0.891. The van der Waals surface area contributed by atoms with Gasteiger partial charge in [0.05, 0.1) is 13.0 Å². The van der Waals surface area contributed by atoms with Crippen LogP contribution in [0.15, 0.2) is 0 Å². The fourth-order valence-electron chi connectivity index (χ4n) is 1.72. The van der Waals surface area contributed by atoms with Crippen LogP contribution in [-0.2, 0) is 9.53 Å². The first-order valence-electron chi connectivity index (χ1n) is 6.74. The van der Waals surface area contributed by atoms with Gasteiger partial charge in [0.1, 0.15) is 0 Å². The van der Waals surface area contributed by atoms with E-state index in [0.717, 1.165) is 6.42 Å². The van der Waals surface area contributed by atoms with E-state index in [1.807, 2.05) is 20.8 Å². The number of urea groups is 1. The van der Waals surface area contributed by atoms with Crippen LogP contribution in [-0.4, -0.2) is 66.3 Å². The zero-order chi connectivity index (χ0) is 14.8. The van der Waals surface area contributed by atoms with Crippen molar-refractivity contribution in [3.05, 3.63) is 0 Å². The van der Waals surface area contributed by atoms with Crippen LogP contribution in [0.3, 0.4) is 0 Å². The van der Waals surface area contributed by atoms with E-state index in [9.17, 15) is 9.59 Å². The summed E-state index contributed by atoms with van der Waals surface area (Å²) in [6.45, 7) is 7.60. The standard InChI is InChI=1S/C13H26N2O4/c1-5-11(3)15(9-10-19-4)13(18)14(6-2)8-7-12(16)17/h11H,5-10H2,1-4H3,(H,16,17). The number of hydrogen-bond acceptors (Lipinski definition) is 3. The second kappa shape index (κ2) is 9.61. The van der Waals surface area contributed by atoms with E-state index in [0.29, 0.717) is 19.7 Å². The zero-order valence-electron chi connectivity index (χ0n) is 12.4. The van der Waals surface area contributed by atoms with Crippen molar-refractivity contribution < 1.29 is 19.4 Å². The van der Waals surface area contributed by atoms with Crippen LogP contribution in [0.4, 0.5) is 4.79 Å². The molecule has 0 rings (SSSR count). The van der Waals surface area contributed by atoms with E-state index in [4.69, 9.17) is 9.84 Å². The molecule has 0 saturated carbocycles. The largest absolute Gasteiger partial charge is 0.481 e. The number of nitrogens with zero attached hydrogens (tertiary/aromatic N) is 2. The smallest absolute Gasteiger partial charge is 0.320 e. The summed E-state index contributed by atoms with van der Waals surface area (Å²) in [7, 11) is 1.60. The number of ether oxygens (including phenoxy) is 1. The average molecular weight is 274 g/mol. The van der Waals surface area contributed by atoms with Gasteiger partial charge in [0, 0.05) is 32.8 Å². The molecule has 0 aromatic carbocycles. The number of carboxylic acid groups (broad SMARTS) is 1. The molecule has 0 spiro atoms. The average Bonchev–Trinajstić information content (AvgIpc) is 2.39. The fourth-order valence-corrected chi connectivity index (χ4v) is 1.72. The van der Waals surface area contributed by atoms with E-state index < -0.39 is 5.97 Å². The summed E-state index contributed by atoms with van der Waals surface area (Å²) in [6, 6.07) is -0.00308. The van der Waals surface area contributed by atoms with Gasteiger partial charge < -0.3 is 19.6 Å². The molecule has 0 aliphatic rings. The third-order valence-electron chi connectivity index (χ3n) is 3.15. The van der Waals surface area contributed by atoms with Crippen LogP contribution in [0.5, 0.6) is 0 Å². The van der Waals surface area contributed by atoms with Gasteiger partial charge in [-0.3, -0.25) is 4.79 Å². The maximum atomic E-state index is 12.4. The van der Waals surface area contributed by atoms with Crippen molar-refractivity contribution in [2.75, 3.05) is 33.4 Å². The summed E-state index contributed by atoms with van der Waals surface area (Å²) in [4.78, 5) is 26.3. The summed E-state index contributed by atoms with van der Waals surface area (Å²) in [5.74, 6) is -0.891. The number of rotatable bonds is 9. The molecule has 2 amide bonds. The number of aliphatic carboxylic acids is 1. The minimum Gasteiger partial charge on any atom is -0.481 e. The highest BCUT2D eigenvalue weighted by atomic mass is 16.5. The van der Waals surface area contributed by atoms with Gasteiger partial charge in [-0.2, -0.15) is 0 Å². The molecule has 0 bridgehead atoms. The highest BCUT2D eigenvalue weighted by Crippen LogP contribution is 2.08. The number of carbonyl (C=O) groups is 2. The van der Waals surface area contributed by atoms with Gasteiger partial charge in [-0.1, -0.05) is 6.92 Å². The van der Waals surface area contributed by atoms with E-state index >= 15 is 0 Å². The molecule has 6 nitrogen and oxygen atoms in total. The molecule has 0 aliphatic carbocycles. The Hall–Kier alpha value is -1.30. The van der Waals surface area contributed by atoms with Gasteiger partial charge in [-0.15, -0.1) is 0 Å². The molecular weight excluding hydrogens is 248 g/mol. The Kier molecular flexibility index (Phi) is 8.95. The van der Waals surface area contributed by atoms with Crippen LogP contribution in [0.25, 0.3) is 0 Å². The number of methoxy groups -OCH3 is 1. The predicted octanol–water partition coefficient (Wildman–Crippen LogP) is 1.65. The summed E-state index contributed by atoms with van der Waals surface area (Å²) < 4.78 is 5.02. The maximum Gasteiger partial charge on any atom is 0.320 e. The summed E-state index contributed by atoms with van der Waals surface area (Å²) in [6.07, 6.45) is 0.824. The predicted molar refractivity (Wildman–Crippen MR) is 73.2 cm³/mol. The molecule has 0 radical (unpaired) electrons.